The second-order valence-corrected chi connectivity index (χ2v) is 3.14. The van der Waals surface area contributed by atoms with Crippen LogP contribution in [0.1, 0.15) is 25.7 Å². The van der Waals surface area contributed by atoms with E-state index in [0.717, 1.165) is 12.8 Å². The van der Waals surface area contributed by atoms with E-state index < -0.39 is 0 Å². The number of hydrogen-bond donors (Lipinski definition) is 2. The maximum Gasteiger partial charge on any atom is 0.159 e. The fourth-order valence-electron chi connectivity index (χ4n) is 1.45. The lowest BCUT2D eigenvalue weighted by atomic mass is 9.89. The van der Waals surface area contributed by atoms with E-state index in [1.807, 2.05) is 0 Å². The normalized spacial score (nSPS) is 23.9. The van der Waals surface area contributed by atoms with Gasteiger partial charge in [0.25, 0.3) is 0 Å². The van der Waals surface area contributed by atoms with Gasteiger partial charge in [-0.1, -0.05) is 0 Å². The summed E-state index contributed by atoms with van der Waals surface area (Å²) in [6, 6.07) is 0. The van der Waals surface area contributed by atoms with Gasteiger partial charge in [-0.05, 0) is 19.3 Å². The largest absolute Gasteiger partial charge is 0.512 e. The van der Waals surface area contributed by atoms with E-state index in [2.05, 4.69) is 0 Å². The average molecular weight is 170 g/mol. The smallest absolute Gasteiger partial charge is 0.159 e. The molecule has 0 aromatic carbocycles. The Bertz CT molecular complexity index is 196. The van der Waals surface area contributed by atoms with Gasteiger partial charge in [0.05, 0.1) is 5.76 Å². The van der Waals surface area contributed by atoms with Gasteiger partial charge < -0.3 is 10.2 Å². The van der Waals surface area contributed by atoms with Gasteiger partial charge in [-0.25, -0.2) is 0 Å². The molecule has 68 valence electrons. The molecule has 0 fully saturated rings. The minimum absolute atomic E-state index is 0.00717. The van der Waals surface area contributed by atoms with Crippen LogP contribution >= 0.6 is 0 Å². The summed E-state index contributed by atoms with van der Waals surface area (Å²) in [5.74, 6) is 0.294. The highest BCUT2D eigenvalue weighted by Gasteiger charge is 2.20. The third kappa shape index (κ3) is 2.34. The van der Waals surface area contributed by atoms with E-state index in [0.29, 0.717) is 12.8 Å². The highest BCUT2D eigenvalue weighted by molar-refractivity contribution is 5.90. The molecule has 12 heavy (non-hydrogen) atoms. The van der Waals surface area contributed by atoms with Crippen LogP contribution in [0.3, 0.4) is 0 Å². The number of rotatable bonds is 3. The first-order valence-corrected chi connectivity index (χ1v) is 4.28. The Balaban J connectivity index is 2.45. The lowest BCUT2D eigenvalue weighted by Crippen LogP contribution is -2.14. The highest BCUT2D eigenvalue weighted by Crippen LogP contribution is 2.24. The molecule has 1 unspecified atom stereocenters. The van der Waals surface area contributed by atoms with Crippen molar-refractivity contribution in [2.24, 2.45) is 5.92 Å². The predicted octanol–water partition coefficient (Wildman–Crippen LogP) is 1.18. The monoisotopic (exact) mass is 170 g/mol. The van der Waals surface area contributed by atoms with Crippen molar-refractivity contribution in [2.75, 3.05) is 6.61 Å². The Morgan fingerprint density at radius 1 is 1.58 bits per heavy atom. The first-order chi connectivity index (χ1) is 5.74. The molecule has 0 radical (unpaired) electrons. The zero-order chi connectivity index (χ0) is 8.97. The molecule has 1 aliphatic carbocycles. The second-order valence-electron chi connectivity index (χ2n) is 3.14. The number of carbonyl (C=O) groups is 1. The number of allylic oxidation sites excluding steroid dienone is 2. The Labute approximate surface area is 71.7 Å². The van der Waals surface area contributed by atoms with Crippen molar-refractivity contribution in [3.8, 4) is 0 Å². The van der Waals surface area contributed by atoms with Crippen molar-refractivity contribution in [3.05, 3.63) is 11.8 Å². The Hall–Kier alpha value is -0.830. The molecule has 2 N–H and O–H groups in total. The Kier molecular flexibility index (Phi) is 3.29. The van der Waals surface area contributed by atoms with Gasteiger partial charge in [0.15, 0.2) is 5.78 Å². The number of aliphatic hydroxyl groups excluding tert-OH is 2. The zero-order valence-corrected chi connectivity index (χ0v) is 6.99. The van der Waals surface area contributed by atoms with Crippen molar-refractivity contribution < 1.29 is 15.0 Å². The number of ketones is 1. The SMILES string of the molecule is O=C1C=C(O)C(CCCO)CC1. The van der Waals surface area contributed by atoms with E-state index in [1.165, 1.54) is 6.08 Å². The summed E-state index contributed by atoms with van der Waals surface area (Å²) < 4.78 is 0. The molecule has 0 amide bonds. The summed E-state index contributed by atoms with van der Waals surface area (Å²) in [5, 5.41) is 17.9. The topological polar surface area (TPSA) is 57.5 Å². The number of aliphatic hydroxyl groups is 2. The quantitative estimate of drug-likeness (QED) is 0.668. The standard InChI is InChI=1S/C9H14O3/c10-5-1-2-7-3-4-8(11)6-9(7)12/h6-7,10,12H,1-5H2. The molecule has 1 aliphatic rings. The van der Waals surface area contributed by atoms with Crippen LogP contribution < -0.4 is 0 Å². The van der Waals surface area contributed by atoms with E-state index in [-0.39, 0.29) is 24.1 Å². The van der Waals surface area contributed by atoms with Crippen molar-refractivity contribution in [1.82, 2.24) is 0 Å². The molecule has 0 aliphatic heterocycles. The summed E-state index contributed by atoms with van der Waals surface area (Å²) in [6.07, 6.45) is 4.02. The van der Waals surface area contributed by atoms with Gasteiger partial charge >= 0.3 is 0 Å². The van der Waals surface area contributed by atoms with E-state index in [1.54, 1.807) is 0 Å². The first kappa shape index (κ1) is 9.26. The van der Waals surface area contributed by atoms with Crippen LogP contribution in [0.5, 0.6) is 0 Å². The van der Waals surface area contributed by atoms with Crippen LogP contribution in [0.15, 0.2) is 11.8 Å². The molecule has 0 aromatic heterocycles. The van der Waals surface area contributed by atoms with E-state index in [4.69, 9.17) is 5.11 Å². The number of carbonyl (C=O) groups excluding carboxylic acids is 1. The Morgan fingerprint density at radius 2 is 2.33 bits per heavy atom. The molecular weight excluding hydrogens is 156 g/mol. The van der Waals surface area contributed by atoms with Crippen LogP contribution in [-0.2, 0) is 4.79 Å². The Morgan fingerprint density at radius 3 is 2.92 bits per heavy atom. The van der Waals surface area contributed by atoms with Gasteiger partial charge in [0, 0.05) is 25.0 Å². The van der Waals surface area contributed by atoms with Crippen LogP contribution in [-0.4, -0.2) is 22.6 Å². The third-order valence-electron chi connectivity index (χ3n) is 2.18. The number of hydrogen-bond acceptors (Lipinski definition) is 3. The van der Waals surface area contributed by atoms with Gasteiger partial charge in [-0.3, -0.25) is 4.79 Å². The molecule has 0 bridgehead atoms. The second kappa shape index (κ2) is 4.26. The summed E-state index contributed by atoms with van der Waals surface area (Å²) >= 11 is 0. The average Bonchev–Trinajstić information content (AvgIpc) is 2.03. The van der Waals surface area contributed by atoms with Crippen molar-refractivity contribution in [1.29, 1.82) is 0 Å². The predicted molar refractivity (Wildman–Crippen MR) is 44.8 cm³/mol. The summed E-state index contributed by atoms with van der Waals surface area (Å²) in [4.78, 5) is 10.8. The molecule has 3 heteroatoms. The van der Waals surface area contributed by atoms with Crippen LogP contribution in [0.2, 0.25) is 0 Å². The molecule has 0 saturated carbocycles. The third-order valence-corrected chi connectivity index (χ3v) is 2.18. The summed E-state index contributed by atoms with van der Waals surface area (Å²) in [6.45, 7) is 0.151. The molecule has 1 rings (SSSR count). The van der Waals surface area contributed by atoms with E-state index >= 15 is 0 Å². The van der Waals surface area contributed by atoms with Crippen molar-refractivity contribution in [3.63, 3.8) is 0 Å². The molecule has 0 heterocycles. The van der Waals surface area contributed by atoms with Crippen LogP contribution in [0.25, 0.3) is 0 Å². The van der Waals surface area contributed by atoms with Crippen molar-refractivity contribution in [2.45, 2.75) is 25.7 Å². The van der Waals surface area contributed by atoms with Gasteiger partial charge in [-0.2, -0.15) is 0 Å². The maximum atomic E-state index is 10.8. The maximum absolute atomic E-state index is 10.8. The summed E-state index contributed by atoms with van der Waals surface area (Å²) in [5.41, 5.74) is 0. The molecule has 3 nitrogen and oxygen atoms in total. The van der Waals surface area contributed by atoms with Crippen molar-refractivity contribution >= 4 is 5.78 Å². The lowest BCUT2D eigenvalue weighted by molar-refractivity contribution is -0.115. The fourth-order valence-corrected chi connectivity index (χ4v) is 1.45. The minimum atomic E-state index is 0.00717. The zero-order valence-electron chi connectivity index (χ0n) is 6.99. The summed E-state index contributed by atoms with van der Waals surface area (Å²) in [7, 11) is 0. The first-order valence-electron chi connectivity index (χ1n) is 4.28. The lowest BCUT2D eigenvalue weighted by Gasteiger charge is -2.18. The van der Waals surface area contributed by atoms with Gasteiger partial charge in [-0.15, -0.1) is 0 Å². The van der Waals surface area contributed by atoms with Crippen LogP contribution in [0, 0.1) is 5.92 Å². The molecule has 0 saturated heterocycles. The molecule has 1 atom stereocenters. The highest BCUT2D eigenvalue weighted by atomic mass is 16.3. The molecule has 0 spiro atoms. The molecule has 0 aromatic rings. The fraction of sp³-hybridized carbons (Fsp3) is 0.667. The minimum Gasteiger partial charge on any atom is -0.512 e. The van der Waals surface area contributed by atoms with E-state index in [9.17, 15) is 9.90 Å². The van der Waals surface area contributed by atoms with Gasteiger partial charge in [0.2, 0.25) is 0 Å². The molecular formula is C9H14O3. The van der Waals surface area contributed by atoms with Crippen LogP contribution in [0.4, 0.5) is 0 Å². The van der Waals surface area contributed by atoms with Gasteiger partial charge in [0.1, 0.15) is 0 Å².